The van der Waals surface area contributed by atoms with Crippen LogP contribution >= 0.6 is 11.3 Å². The van der Waals surface area contributed by atoms with E-state index in [0.717, 1.165) is 54.7 Å². The van der Waals surface area contributed by atoms with Gasteiger partial charge in [-0.15, -0.1) is 11.3 Å². The second-order valence-electron chi connectivity index (χ2n) is 7.96. The van der Waals surface area contributed by atoms with E-state index >= 15 is 0 Å². The van der Waals surface area contributed by atoms with Gasteiger partial charge in [0.05, 0.1) is 25.3 Å². The lowest BCUT2D eigenvalue weighted by atomic mass is 10.1. The molecular weight excluding hydrogens is 406 g/mol. The molecule has 2 heterocycles. The quantitative estimate of drug-likeness (QED) is 0.534. The van der Waals surface area contributed by atoms with E-state index in [2.05, 4.69) is 36.1 Å². The number of aromatic nitrogens is 1. The summed E-state index contributed by atoms with van der Waals surface area (Å²) in [5.74, 6) is 0.120. The molecule has 4 rings (SSSR count). The third kappa shape index (κ3) is 6.00. The Hall–Kier alpha value is -2.54. The van der Waals surface area contributed by atoms with E-state index in [-0.39, 0.29) is 11.9 Å². The van der Waals surface area contributed by atoms with Crippen LogP contribution in [0.5, 0.6) is 0 Å². The van der Waals surface area contributed by atoms with Crippen molar-refractivity contribution < 1.29 is 9.53 Å². The van der Waals surface area contributed by atoms with Crippen molar-refractivity contribution in [2.75, 3.05) is 32.8 Å². The number of thiazole rings is 1. The molecule has 1 unspecified atom stereocenters. The van der Waals surface area contributed by atoms with Crippen LogP contribution in [-0.4, -0.2) is 59.6 Å². The summed E-state index contributed by atoms with van der Waals surface area (Å²) in [5.41, 5.74) is 3.08. The predicted octanol–water partition coefficient (Wildman–Crippen LogP) is 4.10. The Balaban J connectivity index is 1.47. The maximum Gasteiger partial charge on any atom is 0.229 e. The average molecular weight is 436 g/mol. The molecule has 0 bridgehead atoms. The van der Waals surface area contributed by atoms with Gasteiger partial charge in [0.25, 0.3) is 0 Å². The van der Waals surface area contributed by atoms with E-state index in [1.807, 2.05) is 46.7 Å². The summed E-state index contributed by atoms with van der Waals surface area (Å²) < 4.78 is 5.47. The fourth-order valence-electron chi connectivity index (χ4n) is 3.88. The summed E-state index contributed by atoms with van der Waals surface area (Å²) in [5, 5.41) is 2.97. The van der Waals surface area contributed by atoms with E-state index < -0.39 is 0 Å². The van der Waals surface area contributed by atoms with Gasteiger partial charge in [-0.1, -0.05) is 60.7 Å². The Morgan fingerprint density at radius 2 is 1.77 bits per heavy atom. The number of morpholine rings is 1. The van der Waals surface area contributed by atoms with Crippen molar-refractivity contribution in [2.24, 2.45) is 0 Å². The molecule has 0 N–H and O–H groups in total. The SMILES string of the molecule is CC(CN1CCOCC1)N(Cc1ccccc1)C(=O)Cc1csc(-c2ccccc2)n1. The molecule has 1 aliphatic rings. The Morgan fingerprint density at radius 1 is 1.10 bits per heavy atom. The smallest absolute Gasteiger partial charge is 0.229 e. The molecule has 1 saturated heterocycles. The Kier molecular flexibility index (Phi) is 7.46. The van der Waals surface area contributed by atoms with Crippen LogP contribution in [0.1, 0.15) is 18.2 Å². The molecule has 2 aromatic carbocycles. The highest BCUT2D eigenvalue weighted by molar-refractivity contribution is 7.13. The standard InChI is InChI=1S/C25H29N3O2S/c1-20(17-27-12-14-30-15-13-27)28(18-21-8-4-2-5-9-21)24(29)16-23-19-31-25(26-23)22-10-6-3-7-11-22/h2-11,19-20H,12-18H2,1H3. The molecule has 5 nitrogen and oxygen atoms in total. The first-order valence-corrected chi connectivity index (χ1v) is 11.7. The van der Waals surface area contributed by atoms with Gasteiger partial charge in [0.2, 0.25) is 5.91 Å². The number of amides is 1. The fourth-order valence-corrected chi connectivity index (χ4v) is 4.71. The van der Waals surface area contributed by atoms with E-state index in [4.69, 9.17) is 9.72 Å². The highest BCUT2D eigenvalue weighted by Crippen LogP contribution is 2.24. The molecule has 1 aliphatic heterocycles. The van der Waals surface area contributed by atoms with Crippen LogP contribution in [0.4, 0.5) is 0 Å². The predicted molar refractivity (Wildman–Crippen MR) is 125 cm³/mol. The molecule has 1 atom stereocenters. The highest BCUT2D eigenvalue weighted by atomic mass is 32.1. The van der Waals surface area contributed by atoms with Gasteiger partial charge in [-0.25, -0.2) is 4.98 Å². The average Bonchev–Trinajstić information content (AvgIpc) is 3.28. The van der Waals surface area contributed by atoms with Crippen molar-refractivity contribution in [3.8, 4) is 10.6 Å². The van der Waals surface area contributed by atoms with Crippen molar-refractivity contribution >= 4 is 17.2 Å². The molecule has 3 aromatic rings. The number of nitrogens with zero attached hydrogens (tertiary/aromatic N) is 3. The monoisotopic (exact) mass is 435 g/mol. The lowest BCUT2D eigenvalue weighted by molar-refractivity contribution is -0.133. The zero-order valence-corrected chi connectivity index (χ0v) is 18.8. The number of carbonyl (C=O) groups excluding carboxylic acids is 1. The molecule has 0 radical (unpaired) electrons. The van der Waals surface area contributed by atoms with Crippen LogP contribution in [0.25, 0.3) is 10.6 Å². The lowest BCUT2D eigenvalue weighted by Crippen LogP contribution is -2.48. The highest BCUT2D eigenvalue weighted by Gasteiger charge is 2.24. The first kappa shape index (κ1) is 21.7. The minimum atomic E-state index is 0.109. The Labute approximate surface area is 188 Å². The number of carbonyl (C=O) groups is 1. The Bertz CT molecular complexity index is 955. The van der Waals surface area contributed by atoms with E-state index in [1.54, 1.807) is 11.3 Å². The van der Waals surface area contributed by atoms with Gasteiger partial charge < -0.3 is 9.64 Å². The topological polar surface area (TPSA) is 45.7 Å². The normalized spacial score (nSPS) is 15.5. The minimum absolute atomic E-state index is 0.109. The van der Waals surface area contributed by atoms with Crippen molar-refractivity contribution in [3.05, 3.63) is 77.3 Å². The third-order valence-corrected chi connectivity index (χ3v) is 6.52. The van der Waals surface area contributed by atoms with E-state index in [9.17, 15) is 4.79 Å². The number of rotatable bonds is 8. The van der Waals surface area contributed by atoms with Crippen molar-refractivity contribution in [2.45, 2.75) is 25.9 Å². The van der Waals surface area contributed by atoms with Crippen molar-refractivity contribution in [3.63, 3.8) is 0 Å². The number of hydrogen-bond acceptors (Lipinski definition) is 5. The van der Waals surface area contributed by atoms with Gasteiger partial charge in [0.1, 0.15) is 5.01 Å². The van der Waals surface area contributed by atoms with Crippen LogP contribution in [0.15, 0.2) is 66.0 Å². The van der Waals surface area contributed by atoms with Crippen LogP contribution in [0.2, 0.25) is 0 Å². The van der Waals surface area contributed by atoms with Gasteiger partial charge in [0, 0.05) is 43.2 Å². The molecule has 1 aromatic heterocycles. The summed E-state index contributed by atoms with van der Waals surface area (Å²) in [4.78, 5) is 22.5. The lowest BCUT2D eigenvalue weighted by Gasteiger charge is -2.35. The zero-order chi connectivity index (χ0) is 21.5. The van der Waals surface area contributed by atoms with Crippen LogP contribution in [0, 0.1) is 0 Å². The van der Waals surface area contributed by atoms with Gasteiger partial charge in [-0.05, 0) is 12.5 Å². The molecule has 6 heteroatoms. The fraction of sp³-hybridized carbons (Fsp3) is 0.360. The van der Waals surface area contributed by atoms with Gasteiger partial charge >= 0.3 is 0 Å². The molecule has 0 saturated carbocycles. The van der Waals surface area contributed by atoms with Crippen molar-refractivity contribution in [1.29, 1.82) is 0 Å². The molecular formula is C25H29N3O2S. The largest absolute Gasteiger partial charge is 0.379 e. The number of hydrogen-bond donors (Lipinski definition) is 0. The van der Waals surface area contributed by atoms with E-state index in [0.29, 0.717) is 13.0 Å². The third-order valence-electron chi connectivity index (χ3n) is 5.58. The molecule has 1 fully saturated rings. The maximum atomic E-state index is 13.4. The molecule has 0 spiro atoms. The molecule has 0 aliphatic carbocycles. The summed E-state index contributed by atoms with van der Waals surface area (Å²) in [6.45, 7) is 6.98. The Morgan fingerprint density at radius 3 is 2.48 bits per heavy atom. The van der Waals surface area contributed by atoms with Crippen LogP contribution in [0.3, 0.4) is 0 Å². The van der Waals surface area contributed by atoms with Crippen molar-refractivity contribution in [1.82, 2.24) is 14.8 Å². The minimum Gasteiger partial charge on any atom is -0.379 e. The summed E-state index contributed by atoms with van der Waals surface area (Å²) in [6.07, 6.45) is 0.323. The summed E-state index contributed by atoms with van der Waals surface area (Å²) >= 11 is 1.59. The van der Waals surface area contributed by atoms with Gasteiger partial charge in [0.15, 0.2) is 0 Å². The number of benzene rings is 2. The number of ether oxygens (including phenoxy) is 1. The van der Waals surface area contributed by atoms with E-state index in [1.165, 1.54) is 0 Å². The van der Waals surface area contributed by atoms with Gasteiger partial charge in [-0.2, -0.15) is 0 Å². The van der Waals surface area contributed by atoms with Crippen LogP contribution in [-0.2, 0) is 22.5 Å². The van der Waals surface area contributed by atoms with Crippen LogP contribution < -0.4 is 0 Å². The first-order valence-electron chi connectivity index (χ1n) is 10.8. The van der Waals surface area contributed by atoms with Gasteiger partial charge in [-0.3, -0.25) is 9.69 Å². The molecule has 31 heavy (non-hydrogen) atoms. The first-order chi connectivity index (χ1) is 15.2. The summed E-state index contributed by atoms with van der Waals surface area (Å²) in [6, 6.07) is 20.5. The second-order valence-corrected chi connectivity index (χ2v) is 8.81. The maximum absolute atomic E-state index is 13.4. The second kappa shape index (κ2) is 10.7. The molecule has 162 valence electrons. The molecule has 1 amide bonds. The zero-order valence-electron chi connectivity index (χ0n) is 17.9. The summed E-state index contributed by atoms with van der Waals surface area (Å²) in [7, 11) is 0.